The van der Waals surface area contributed by atoms with Gasteiger partial charge in [0, 0.05) is 6.54 Å². The molecule has 1 unspecified atom stereocenters. The molecular formula is C14H30N2O2S. The highest BCUT2D eigenvalue weighted by Crippen LogP contribution is 2.20. The van der Waals surface area contributed by atoms with Gasteiger partial charge < -0.3 is 10.6 Å². The minimum atomic E-state index is -2.77. The summed E-state index contributed by atoms with van der Waals surface area (Å²) in [5, 5.41) is 0. The van der Waals surface area contributed by atoms with Crippen molar-refractivity contribution in [3.05, 3.63) is 0 Å². The summed E-state index contributed by atoms with van der Waals surface area (Å²) >= 11 is 0. The molecule has 1 aliphatic rings. The van der Waals surface area contributed by atoms with Crippen molar-refractivity contribution in [3.63, 3.8) is 0 Å². The van der Waals surface area contributed by atoms with E-state index in [1.807, 2.05) is 0 Å². The molecule has 1 heterocycles. The van der Waals surface area contributed by atoms with Gasteiger partial charge in [0.05, 0.1) is 11.5 Å². The van der Waals surface area contributed by atoms with E-state index in [9.17, 15) is 8.42 Å². The van der Waals surface area contributed by atoms with Crippen molar-refractivity contribution in [2.45, 2.75) is 39.5 Å². The standard InChI is InChI=1S/C14H30N2O2S/c1-13(2)14(6-7-15)5-3-8-16-9-4-11-19(17,18)12-10-16/h13-14H,3-12,15H2,1-2H3. The maximum atomic E-state index is 11.5. The molecule has 5 heteroatoms. The molecule has 0 aromatic rings. The SMILES string of the molecule is CC(C)C(CCN)CCCN1CCCS(=O)(=O)CC1. The van der Waals surface area contributed by atoms with E-state index in [0.29, 0.717) is 29.9 Å². The number of hydrogen-bond donors (Lipinski definition) is 1. The van der Waals surface area contributed by atoms with E-state index in [-0.39, 0.29) is 0 Å². The molecule has 1 atom stereocenters. The van der Waals surface area contributed by atoms with Crippen LogP contribution < -0.4 is 5.73 Å². The van der Waals surface area contributed by atoms with Crippen molar-refractivity contribution < 1.29 is 8.42 Å². The molecule has 1 saturated heterocycles. The van der Waals surface area contributed by atoms with Crippen LogP contribution in [0.15, 0.2) is 0 Å². The van der Waals surface area contributed by atoms with E-state index in [1.54, 1.807) is 0 Å². The van der Waals surface area contributed by atoms with Crippen LogP contribution in [0.5, 0.6) is 0 Å². The third kappa shape index (κ3) is 6.72. The predicted octanol–water partition coefficient (Wildman–Crippen LogP) is 1.51. The van der Waals surface area contributed by atoms with Crippen molar-refractivity contribution in [2.24, 2.45) is 17.6 Å². The molecule has 0 aliphatic carbocycles. The van der Waals surface area contributed by atoms with Gasteiger partial charge in [-0.05, 0) is 57.2 Å². The minimum absolute atomic E-state index is 0.337. The Kier molecular flexibility index (Phi) is 7.32. The molecule has 0 aromatic heterocycles. The molecular weight excluding hydrogens is 260 g/mol. The van der Waals surface area contributed by atoms with Crippen LogP contribution in [0.3, 0.4) is 0 Å². The smallest absolute Gasteiger partial charge is 0.151 e. The lowest BCUT2D eigenvalue weighted by molar-refractivity contribution is 0.261. The Morgan fingerprint density at radius 1 is 1.16 bits per heavy atom. The van der Waals surface area contributed by atoms with Crippen molar-refractivity contribution in [2.75, 3.05) is 37.7 Å². The van der Waals surface area contributed by atoms with Gasteiger partial charge in [-0.2, -0.15) is 0 Å². The second-order valence-electron chi connectivity index (χ2n) is 6.07. The molecule has 1 fully saturated rings. The average Bonchev–Trinajstić information content (AvgIpc) is 2.49. The Labute approximate surface area is 118 Å². The first-order valence-corrected chi connectivity index (χ1v) is 9.39. The lowest BCUT2D eigenvalue weighted by Gasteiger charge is -2.23. The monoisotopic (exact) mass is 290 g/mol. The Morgan fingerprint density at radius 2 is 1.89 bits per heavy atom. The Morgan fingerprint density at radius 3 is 2.53 bits per heavy atom. The third-order valence-corrected chi connectivity index (χ3v) is 5.89. The zero-order chi connectivity index (χ0) is 14.3. The first-order valence-electron chi connectivity index (χ1n) is 7.57. The molecule has 1 rings (SSSR count). The van der Waals surface area contributed by atoms with Gasteiger partial charge in [0.25, 0.3) is 0 Å². The summed E-state index contributed by atoms with van der Waals surface area (Å²) < 4.78 is 23.1. The lowest BCUT2D eigenvalue weighted by Crippen LogP contribution is -2.28. The van der Waals surface area contributed by atoms with Crippen LogP contribution in [0, 0.1) is 11.8 Å². The van der Waals surface area contributed by atoms with E-state index in [1.165, 1.54) is 6.42 Å². The van der Waals surface area contributed by atoms with Gasteiger partial charge in [-0.1, -0.05) is 13.8 Å². The van der Waals surface area contributed by atoms with Crippen molar-refractivity contribution in [1.82, 2.24) is 4.90 Å². The maximum absolute atomic E-state index is 11.5. The summed E-state index contributed by atoms with van der Waals surface area (Å²) in [6.45, 7) is 7.97. The van der Waals surface area contributed by atoms with Crippen molar-refractivity contribution in [3.8, 4) is 0 Å². The Bertz CT molecular complexity index is 341. The summed E-state index contributed by atoms with van der Waals surface area (Å²) in [4.78, 5) is 2.31. The minimum Gasteiger partial charge on any atom is -0.330 e. The second-order valence-corrected chi connectivity index (χ2v) is 8.37. The number of hydrogen-bond acceptors (Lipinski definition) is 4. The van der Waals surface area contributed by atoms with Crippen LogP contribution in [0.25, 0.3) is 0 Å². The van der Waals surface area contributed by atoms with Crippen LogP contribution in [0.2, 0.25) is 0 Å². The van der Waals surface area contributed by atoms with Crippen LogP contribution in [-0.4, -0.2) is 51.0 Å². The fourth-order valence-electron chi connectivity index (χ4n) is 2.82. The molecule has 0 bridgehead atoms. The Balaban J connectivity index is 2.28. The second kappa shape index (κ2) is 8.22. The van der Waals surface area contributed by atoms with Crippen LogP contribution in [0.4, 0.5) is 0 Å². The number of rotatable bonds is 7. The molecule has 0 spiro atoms. The van der Waals surface area contributed by atoms with Crippen LogP contribution in [0.1, 0.15) is 39.5 Å². The first-order chi connectivity index (χ1) is 8.94. The summed E-state index contributed by atoms with van der Waals surface area (Å²) in [5.74, 6) is 2.10. The molecule has 2 N–H and O–H groups in total. The highest BCUT2D eigenvalue weighted by Gasteiger charge is 2.19. The molecule has 19 heavy (non-hydrogen) atoms. The molecule has 114 valence electrons. The molecule has 0 saturated carbocycles. The van der Waals surface area contributed by atoms with E-state index < -0.39 is 9.84 Å². The summed E-state index contributed by atoms with van der Waals surface area (Å²) in [6.07, 6.45) is 4.26. The summed E-state index contributed by atoms with van der Waals surface area (Å²) in [6, 6.07) is 0. The highest BCUT2D eigenvalue weighted by molar-refractivity contribution is 7.91. The van der Waals surface area contributed by atoms with Gasteiger partial charge in [0.1, 0.15) is 0 Å². The van der Waals surface area contributed by atoms with E-state index in [4.69, 9.17) is 5.73 Å². The van der Waals surface area contributed by atoms with Gasteiger partial charge in [0.15, 0.2) is 9.84 Å². The van der Waals surface area contributed by atoms with Gasteiger partial charge in [-0.3, -0.25) is 0 Å². The number of sulfone groups is 1. The topological polar surface area (TPSA) is 63.4 Å². The summed E-state index contributed by atoms with van der Waals surface area (Å²) in [5.41, 5.74) is 5.66. The molecule has 4 nitrogen and oxygen atoms in total. The van der Waals surface area contributed by atoms with Gasteiger partial charge in [-0.15, -0.1) is 0 Å². The van der Waals surface area contributed by atoms with Crippen LogP contribution >= 0.6 is 0 Å². The van der Waals surface area contributed by atoms with E-state index >= 15 is 0 Å². The molecule has 0 amide bonds. The summed E-state index contributed by atoms with van der Waals surface area (Å²) in [7, 11) is -2.77. The third-order valence-electron chi connectivity index (χ3n) is 4.18. The quantitative estimate of drug-likeness (QED) is 0.772. The number of nitrogens with zero attached hydrogens (tertiary/aromatic N) is 1. The van der Waals surface area contributed by atoms with Gasteiger partial charge in [0.2, 0.25) is 0 Å². The average molecular weight is 290 g/mol. The van der Waals surface area contributed by atoms with E-state index in [0.717, 1.165) is 38.9 Å². The molecule has 0 radical (unpaired) electrons. The molecule has 1 aliphatic heterocycles. The van der Waals surface area contributed by atoms with Crippen molar-refractivity contribution in [1.29, 1.82) is 0 Å². The zero-order valence-corrected chi connectivity index (χ0v) is 13.3. The normalized spacial score (nSPS) is 22.3. The maximum Gasteiger partial charge on any atom is 0.151 e. The fourth-order valence-corrected chi connectivity index (χ4v) is 4.13. The Hall–Kier alpha value is -0.130. The van der Waals surface area contributed by atoms with Crippen molar-refractivity contribution >= 4 is 9.84 Å². The van der Waals surface area contributed by atoms with Gasteiger partial charge >= 0.3 is 0 Å². The van der Waals surface area contributed by atoms with Gasteiger partial charge in [-0.25, -0.2) is 8.42 Å². The fraction of sp³-hybridized carbons (Fsp3) is 1.00. The first kappa shape index (κ1) is 16.9. The van der Waals surface area contributed by atoms with E-state index in [2.05, 4.69) is 18.7 Å². The largest absolute Gasteiger partial charge is 0.330 e. The molecule has 0 aromatic carbocycles. The highest BCUT2D eigenvalue weighted by atomic mass is 32.2. The zero-order valence-electron chi connectivity index (χ0n) is 12.5. The predicted molar refractivity (Wildman–Crippen MR) is 80.9 cm³/mol. The lowest BCUT2D eigenvalue weighted by atomic mass is 9.88. The number of nitrogens with two attached hydrogens (primary N) is 1. The van der Waals surface area contributed by atoms with Crippen LogP contribution in [-0.2, 0) is 9.84 Å².